The van der Waals surface area contributed by atoms with Crippen LogP contribution in [0.4, 0.5) is 0 Å². The summed E-state index contributed by atoms with van der Waals surface area (Å²) in [5, 5.41) is 39.7. The second-order valence-electron chi connectivity index (χ2n) is 9.83. The van der Waals surface area contributed by atoms with Gasteiger partial charge in [-0.3, -0.25) is 0 Å². The molecule has 4 N–H and O–H groups in total. The van der Waals surface area contributed by atoms with Gasteiger partial charge in [0, 0.05) is 11.3 Å². The van der Waals surface area contributed by atoms with Crippen LogP contribution in [-0.2, 0) is 5.41 Å². The Bertz CT molecular complexity index is 1440. The van der Waals surface area contributed by atoms with E-state index in [-0.39, 0.29) is 54.4 Å². The van der Waals surface area contributed by atoms with Gasteiger partial charge >= 0.3 is 0 Å². The van der Waals surface area contributed by atoms with Crippen molar-refractivity contribution in [2.45, 2.75) is 38.5 Å². The maximum Gasteiger partial charge on any atom is 0.152 e. The van der Waals surface area contributed by atoms with Crippen LogP contribution in [0.25, 0.3) is 0 Å². The first kappa shape index (κ1) is 35.6. The molecule has 224 valence electrons. The zero-order valence-electron chi connectivity index (χ0n) is 22.2. The van der Waals surface area contributed by atoms with E-state index in [4.69, 9.17) is 46.4 Å². The van der Waals surface area contributed by atoms with E-state index in [1.165, 1.54) is 0 Å². The molecule has 4 aromatic carbocycles. The Morgan fingerprint density at radius 3 is 1.05 bits per heavy atom. The van der Waals surface area contributed by atoms with E-state index in [1.807, 2.05) is 31.2 Å². The molecule has 4 rings (SSSR count). The third-order valence-corrected chi connectivity index (χ3v) is 10.3. The lowest BCUT2D eigenvalue weighted by molar-refractivity contribution is 0.466. The van der Waals surface area contributed by atoms with Gasteiger partial charge in [-0.2, -0.15) is 0 Å². The van der Waals surface area contributed by atoms with E-state index >= 15 is 0 Å². The van der Waals surface area contributed by atoms with Crippen molar-refractivity contribution in [3.8, 4) is 23.0 Å². The lowest BCUT2D eigenvalue weighted by atomic mass is 9.78. The van der Waals surface area contributed by atoms with Crippen LogP contribution in [0, 0.1) is 0 Å². The van der Waals surface area contributed by atoms with E-state index < -0.39 is 0 Å². The molecule has 0 unspecified atom stereocenters. The molecule has 12 heteroatoms. The summed E-state index contributed by atoms with van der Waals surface area (Å²) < 4.78 is 2.54. The fourth-order valence-corrected chi connectivity index (χ4v) is 7.64. The zero-order valence-corrected chi connectivity index (χ0v) is 31.6. The number of rotatable bonds is 5. The molecule has 0 amide bonds. The molecule has 0 atom stereocenters. The Morgan fingerprint density at radius 1 is 0.548 bits per heavy atom. The van der Waals surface area contributed by atoms with Crippen LogP contribution >= 0.6 is 110 Å². The molecule has 0 heterocycles. The van der Waals surface area contributed by atoms with Gasteiger partial charge in [-0.05, 0) is 141 Å². The smallest absolute Gasteiger partial charge is 0.152 e. The van der Waals surface area contributed by atoms with Crippen LogP contribution in [0.2, 0.25) is 20.1 Å². The minimum atomic E-state index is -0.308. The predicted molar refractivity (Wildman–Crippen MR) is 188 cm³/mol. The van der Waals surface area contributed by atoms with Gasteiger partial charge in [-0.25, -0.2) is 0 Å². The van der Waals surface area contributed by atoms with E-state index in [0.29, 0.717) is 17.9 Å². The second-order valence-corrected chi connectivity index (χ2v) is 14.9. The highest BCUT2D eigenvalue weighted by molar-refractivity contribution is 9.11. The quantitative estimate of drug-likeness (QED) is 0.161. The van der Waals surface area contributed by atoms with Crippen molar-refractivity contribution in [2.24, 2.45) is 0 Å². The highest BCUT2D eigenvalue weighted by Crippen LogP contribution is 2.44. The molecule has 0 radical (unpaired) electrons. The molecule has 0 aliphatic carbocycles. The molecule has 0 bridgehead atoms. The SMILES string of the molecule is CC(C)(c1cc(Br)c(O)c(Br)c1)c1cc(Br)c(O)c(Br)c1.CCC(c1cc(Cl)c(O)c(Cl)c1)c1cc(Cl)c(O)c(Cl)c1. The molecular weight excluding hydrogens is 886 g/mol. The van der Waals surface area contributed by atoms with Gasteiger partial charge in [0.05, 0.1) is 38.0 Å². The Morgan fingerprint density at radius 2 is 0.810 bits per heavy atom. The Hall–Kier alpha value is -0.840. The van der Waals surface area contributed by atoms with Gasteiger partial charge in [-0.15, -0.1) is 0 Å². The first-order valence-corrected chi connectivity index (χ1v) is 16.9. The van der Waals surface area contributed by atoms with Gasteiger partial charge in [0.2, 0.25) is 0 Å². The highest BCUT2D eigenvalue weighted by Gasteiger charge is 2.27. The van der Waals surface area contributed by atoms with Crippen LogP contribution in [0.1, 0.15) is 55.4 Å². The molecule has 0 fully saturated rings. The molecule has 0 aromatic heterocycles. The molecule has 0 saturated carbocycles. The summed E-state index contributed by atoms with van der Waals surface area (Å²) in [6, 6.07) is 14.2. The number of halogens is 8. The van der Waals surface area contributed by atoms with Crippen molar-refractivity contribution in [1.29, 1.82) is 0 Å². The Labute approximate surface area is 298 Å². The second kappa shape index (κ2) is 14.5. The number of phenols is 4. The van der Waals surface area contributed by atoms with Crippen molar-refractivity contribution in [2.75, 3.05) is 0 Å². The Kier molecular flexibility index (Phi) is 12.3. The minimum absolute atomic E-state index is 0.0591. The lowest BCUT2D eigenvalue weighted by Crippen LogP contribution is -2.19. The van der Waals surface area contributed by atoms with E-state index in [9.17, 15) is 20.4 Å². The maximum atomic E-state index is 9.85. The fourth-order valence-electron chi connectivity index (χ4n) is 4.26. The van der Waals surface area contributed by atoms with Gasteiger partial charge in [0.1, 0.15) is 11.5 Å². The van der Waals surface area contributed by atoms with Crippen molar-refractivity contribution in [1.82, 2.24) is 0 Å². The molecule has 0 saturated heterocycles. The first-order valence-electron chi connectivity index (χ1n) is 12.2. The van der Waals surface area contributed by atoms with Crippen molar-refractivity contribution in [3.63, 3.8) is 0 Å². The minimum Gasteiger partial charge on any atom is -0.506 e. The molecular formula is C30H24Br4Cl4O4. The van der Waals surface area contributed by atoms with Gasteiger partial charge in [0.25, 0.3) is 0 Å². The average molecular weight is 910 g/mol. The van der Waals surface area contributed by atoms with Gasteiger partial charge < -0.3 is 20.4 Å². The zero-order chi connectivity index (χ0) is 31.7. The van der Waals surface area contributed by atoms with E-state index in [2.05, 4.69) is 77.6 Å². The monoisotopic (exact) mass is 904 g/mol. The van der Waals surface area contributed by atoms with E-state index in [0.717, 1.165) is 28.7 Å². The van der Waals surface area contributed by atoms with Crippen molar-refractivity contribution >= 4 is 110 Å². The van der Waals surface area contributed by atoms with Crippen LogP contribution in [0.3, 0.4) is 0 Å². The normalized spacial score (nSPS) is 11.4. The summed E-state index contributed by atoms with van der Waals surface area (Å²) >= 11 is 37.3. The maximum absolute atomic E-state index is 9.85. The average Bonchev–Trinajstić information content (AvgIpc) is 2.92. The molecule has 0 aliphatic heterocycles. The predicted octanol–water partition coefficient (Wildman–Crippen LogP) is 12.7. The Balaban J connectivity index is 0.000000230. The van der Waals surface area contributed by atoms with Crippen LogP contribution in [-0.4, -0.2) is 20.4 Å². The van der Waals surface area contributed by atoms with Crippen LogP contribution < -0.4 is 0 Å². The highest BCUT2D eigenvalue weighted by atomic mass is 79.9. The lowest BCUT2D eigenvalue weighted by Gasteiger charge is -2.27. The summed E-state index contributed by atoms with van der Waals surface area (Å²) in [6.45, 7) is 6.17. The first-order chi connectivity index (χ1) is 19.5. The topological polar surface area (TPSA) is 80.9 Å². The van der Waals surface area contributed by atoms with Gasteiger partial charge in [0.15, 0.2) is 11.5 Å². The number of phenolic OH excluding ortho intramolecular Hbond substituents is 4. The van der Waals surface area contributed by atoms with Crippen molar-refractivity contribution in [3.05, 3.63) is 109 Å². The number of hydrogen-bond donors (Lipinski definition) is 4. The fraction of sp³-hybridized carbons (Fsp3) is 0.200. The third-order valence-electron chi connectivity index (χ3n) is 6.77. The standard InChI is InChI=1S/C15H12Br4O2.C15H12Cl4O2/c1-15(2,7-3-9(16)13(20)10(17)4-7)8-5-11(18)14(21)12(19)6-8;1-2-9(7-3-10(16)14(20)11(17)4-7)8-5-12(18)15(21)13(19)6-8/h3-6,20-21H,1-2H3;3-6,9,20-21H,2H2,1H3. The summed E-state index contributed by atoms with van der Waals surface area (Å²) in [7, 11) is 0. The largest absolute Gasteiger partial charge is 0.506 e. The van der Waals surface area contributed by atoms with Gasteiger partial charge in [-0.1, -0.05) is 67.2 Å². The van der Waals surface area contributed by atoms with Crippen molar-refractivity contribution < 1.29 is 20.4 Å². The molecule has 42 heavy (non-hydrogen) atoms. The number of hydrogen-bond acceptors (Lipinski definition) is 4. The summed E-state index contributed by atoms with van der Waals surface area (Å²) in [5.41, 5.74) is 3.43. The van der Waals surface area contributed by atoms with Crippen LogP contribution in [0.5, 0.6) is 23.0 Å². The summed E-state index contributed by atoms with van der Waals surface area (Å²) in [4.78, 5) is 0. The molecule has 0 aliphatic rings. The summed E-state index contributed by atoms with van der Waals surface area (Å²) in [5.74, 6) is 0.0267. The number of aromatic hydroxyl groups is 4. The number of benzene rings is 4. The van der Waals surface area contributed by atoms with Crippen LogP contribution in [0.15, 0.2) is 66.4 Å². The molecule has 4 aromatic rings. The van der Waals surface area contributed by atoms with E-state index in [1.54, 1.807) is 24.3 Å². The summed E-state index contributed by atoms with van der Waals surface area (Å²) in [6.07, 6.45) is 0.745. The molecule has 0 spiro atoms. The molecule has 4 nitrogen and oxygen atoms in total. The third kappa shape index (κ3) is 7.86.